The van der Waals surface area contributed by atoms with E-state index >= 15 is 0 Å². The van der Waals surface area contributed by atoms with Crippen molar-refractivity contribution in [2.24, 2.45) is 0 Å². The van der Waals surface area contributed by atoms with Gasteiger partial charge in [-0.3, -0.25) is 4.79 Å². The summed E-state index contributed by atoms with van der Waals surface area (Å²) in [5.41, 5.74) is 0.385. The third kappa shape index (κ3) is 2.20. The molecule has 0 spiro atoms. The zero-order chi connectivity index (χ0) is 10.0. The third-order valence-electron chi connectivity index (χ3n) is 1.67. The molecule has 13 heavy (non-hydrogen) atoms. The van der Waals surface area contributed by atoms with Crippen LogP contribution < -0.4 is 0 Å². The number of phenolic OH excluding ortho intramolecular Hbond substituents is 1. The lowest BCUT2D eigenvalue weighted by molar-refractivity contribution is -0.125. The number of hydrogen-bond acceptors (Lipinski definition) is 3. The van der Waals surface area contributed by atoms with Gasteiger partial charge in [0.1, 0.15) is 11.9 Å². The summed E-state index contributed by atoms with van der Waals surface area (Å²) >= 11 is 5.59. The van der Waals surface area contributed by atoms with Gasteiger partial charge in [-0.1, -0.05) is 17.7 Å². The Morgan fingerprint density at radius 3 is 2.62 bits per heavy atom. The maximum absolute atomic E-state index is 10.8. The molecule has 0 amide bonds. The van der Waals surface area contributed by atoms with E-state index in [-0.39, 0.29) is 16.6 Å². The van der Waals surface area contributed by atoms with Gasteiger partial charge >= 0.3 is 0 Å². The normalized spacial score (nSPS) is 12.5. The van der Waals surface area contributed by atoms with Crippen molar-refractivity contribution in [2.45, 2.75) is 13.0 Å². The van der Waals surface area contributed by atoms with Gasteiger partial charge in [-0.15, -0.1) is 0 Å². The lowest BCUT2D eigenvalue weighted by Gasteiger charge is -2.07. The van der Waals surface area contributed by atoms with E-state index in [0.717, 1.165) is 0 Å². The first kappa shape index (κ1) is 10.0. The number of carbonyl (C=O) groups excluding carboxylic acids is 1. The van der Waals surface area contributed by atoms with Gasteiger partial charge < -0.3 is 10.2 Å². The number of halogens is 1. The molecule has 1 unspecified atom stereocenters. The van der Waals surface area contributed by atoms with Gasteiger partial charge in [-0.2, -0.15) is 0 Å². The van der Waals surface area contributed by atoms with Gasteiger partial charge in [0.25, 0.3) is 0 Å². The van der Waals surface area contributed by atoms with E-state index in [1.807, 2.05) is 0 Å². The highest BCUT2D eigenvalue weighted by atomic mass is 35.5. The number of benzene rings is 1. The summed E-state index contributed by atoms with van der Waals surface area (Å²) in [6.07, 6.45) is -1.17. The van der Waals surface area contributed by atoms with Gasteiger partial charge in [-0.25, -0.2) is 0 Å². The molecule has 0 saturated carbocycles. The molecule has 0 aromatic heterocycles. The summed E-state index contributed by atoms with van der Waals surface area (Å²) in [4.78, 5) is 10.8. The number of aromatic hydroxyl groups is 1. The molecule has 4 heteroatoms. The maximum atomic E-state index is 10.8. The van der Waals surface area contributed by atoms with Crippen LogP contribution in [0, 0.1) is 0 Å². The largest absolute Gasteiger partial charge is 0.506 e. The first-order valence-corrected chi connectivity index (χ1v) is 4.07. The smallest absolute Gasteiger partial charge is 0.162 e. The van der Waals surface area contributed by atoms with Crippen molar-refractivity contribution in [3.63, 3.8) is 0 Å². The first-order valence-electron chi connectivity index (χ1n) is 3.69. The number of Topliss-reactive ketones (excluding diaryl/α,β-unsaturated/α-hetero) is 1. The molecule has 0 radical (unpaired) electrons. The number of hydrogen-bond donors (Lipinski definition) is 2. The Labute approximate surface area is 80.6 Å². The van der Waals surface area contributed by atoms with E-state index in [9.17, 15) is 9.90 Å². The fourth-order valence-electron chi connectivity index (χ4n) is 0.928. The third-order valence-corrected chi connectivity index (χ3v) is 1.98. The fraction of sp³-hybridized carbons (Fsp3) is 0.222. The van der Waals surface area contributed by atoms with Gasteiger partial charge in [0.15, 0.2) is 5.78 Å². The first-order chi connectivity index (χ1) is 6.02. The molecule has 0 saturated heterocycles. The van der Waals surface area contributed by atoms with Crippen LogP contribution in [0.25, 0.3) is 0 Å². The Hall–Kier alpha value is -1.06. The molecule has 0 bridgehead atoms. The van der Waals surface area contributed by atoms with Crippen LogP contribution >= 0.6 is 11.6 Å². The molecule has 70 valence electrons. The van der Waals surface area contributed by atoms with Gasteiger partial charge in [0, 0.05) is 0 Å². The van der Waals surface area contributed by atoms with Crippen molar-refractivity contribution >= 4 is 17.4 Å². The van der Waals surface area contributed by atoms with Gasteiger partial charge in [-0.05, 0) is 24.6 Å². The van der Waals surface area contributed by atoms with E-state index in [0.29, 0.717) is 5.56 Å². The lowest BCUT2D eigenvalue weighted by Crippen LogP contribution is -2.07. The minimum Gasteiger partial charge on any atom is -0.506 e. The van der Waals surface area contributed by atoms with Crippen LogP contribution in [0.5, 0.6) is 5.75 Å². The molecule has 1 aromatic rings. The van der Waals surface area contributed by atoms with Gasteiger partial charge in [0.05, 0.1) is 5.02 Å². The van der Waals surface area contributed by atoms with Crippen molar-refractivity contribution in [3.8, 4) is 5.75 Å². The SMILES string of the molecule is CC(=O)C(O)c1ccc(O)c(Cl)c1. The quantitative estimate of drug-likeness (QED) is 0.764. The summed E-state index contributed by atoms with van der Waals surface area (Å²) < 4.78 is 0. The van der Waals surface area contributed by atoms with E-state index in [1.165, 1.54) is 25.1 Å². The molecule has 0 heterocycles. The maximum Gasteiger partial charge on any atom is 0.162 e. The minimum atomic E-state index is -1.17. The van der Waals surface area contributed by atoms with Crippen molar-refractivity contribution < 1.29 is 15.0 Å². The Morgan fingerprint density at radius 2 is 2.15 bits per heavy atom. The van der Waals surface area contributed by atoms with E-state index < -0.39 is 6.10 Å². The highest BCUT2D eigenvalue weighted by molar-refractivity contribution is 6.32. The molecule has 0 aliphatic rings. The molecule has 3 nitrogen and oxygen atoms in total. The van der Waals surface area contributed by atoms with E-state index in [1.54, 1.807) is 0 Å². The van der Waals surface area contributed by atoms with Crippen molar-refractivity contribution in [3.05, 3.63) is 28.8 Å². The molecular weight excluding hydrogens is 192 g/mol. The summed E-state index contributed by atoms with van der Waals surface area (Å²) in [5, 5.41) is 18.5. The Morgan fingerprint density at radius 1 is 1.54 bits per heavy atom. The second-order valence-electron chi connectivity index (χ2n) is 2.72. The van der Waals surface area contributed by atoms with Crippen LogP contribution in [-0.2, 0) is 4.79 Å². The average molecular weight is 201 g/mol. The number of ketones is 1. The highest BCUT2D eigenvalue weighted by Crippen LogP contribution is 2.26. The van der Waals surface area contributed by atoms with Crippen molar-refractivity contribution in [1.29, 1.82) is 0 Å². The van der Waals surface area contributed by atoms with Crippen molar-refractivity contribution in [1.82, 2.24) is 0 Å². The fourth-order valence-corrected chi connectivity index (χ4v) is 1.12. The number of aliphatic hydroxyl groups excluding tert-OH is 1. The monoisotopic (exact) mass is 200 g/mol. The second-order valence-corrected chi connectivity index (χ2v) is 3.13. The summed E-state index contributed by atoms with van der Waals surface area (Å²) in [6, 6.07) is 4.15. The number of carbonyl (C=O) groups is 1. The lowest BCUT2D eigenvalue weighted by atomic mass is 10.1. The Bertz CT molecular complexity index is 336. The van der Waals surface area contributed by atoms with E-state index in [4.69, 9.17) is 16.7 Å². The van der Waals surface area contributed by atoms with Crippen LogP contribution in [0.2, 0.25) is 5.02 Å². The molecule has 1 atom stereocenters. The molecule has 0 aliphatic carbocycles. The van der Waals surface area contributed by atoms with Crippen LogP contribution in [0.3, 0.4) is 0 Å². The molecular formula is C9H9ClO3. The summed E-state index contributed by atoms with van der Waals surface area (Å²) in [7, 11) is 0. The van der Waals surface area contributed by atoms with Crippen LogP contribution in [0.15, 0.2) is 18.2 Å². The number of aliphatic hydroxyl groups is 1. The average Bonchev–Trinajstić information content (AvgIpc) is 2.08. The zero-order valence-electron chi connectivity index (χ0n) is 6.99. The van der Waals surface area contributed by atoms with Crippen LogP contribution in [0.1, 0.15) is 18.6 Å². The molecule has 0 fully saturated rings. The standard InChI is InChI=1S/C9H9ClO3/c1-5(11)9(13)6-2-3-8(12)7(10)4-6/h2-4,9,12-13H,1H3. The number of rotatable bonds is 2. The molecule has 1 rings (SSSR count). The van der Waals surface area contributed by atoms with Gasteiger partial charge in [0.2, 0.25) is 0 Å². The zero-order valence-corrected chi connectivity index (χ0v) is 7.75. The highest BCUT2D eigenvalue weighted by Gasteiger charge is 2.13. The molecule has 2 N–H and O–H groups in total. The Balaban J connectivity index is 3.03. The minimum absolute atomic E-state index is 0.0684. The van der Waals surface area contributed by atoms with Crippen LogP contribution in [0.4, 0.5) is 0 Å². The Kier molecular flexibility index (Phi) is 2.90. The van der Waals surface area contributed by atoms with E-state index in [2.05, 4.69) is 0 Å². The van der Waals surface area contributed by atoms with Crippen LogP contribution in [-0.4, -0.2) is 16.0 Å². The number of phenols is 1. The second kappa shape index (κ2) is 3.77. The molecule has 1 aromatic carbocycles. The van der Waals surface area contributed by atoms with Crippen molar-refractivity contribution in [2.75, 3.05) is 0 Å². The summed E-state index contributed by atoms with van der Waals surface area (Å²) in [5.74, 6) is -0.428. The predicted molar refractivity (Wildman–Crippen MR) is 48.8 cm³/mol. The topological polar surface area (TPSA) is 57.5 Å². The molecule has 0 aliphatic heterocycles. The predicted octanol–water partition coefficient (Wildman–Crippen LogP) is 1.67. The summed E-state index contributed by atoms with van der Waals surface area (Å²) in [6.45, 7) is 1.28.